The second kappa shape index (κ2) is 3.57. The van der Waals surface area contributed by atoms with E-state index in [2.05, 4.69) is 26.1 Å². The Labute approximate surface area is 91.1 Å². The molecule has 1 heterocycles. The van der Waals surface area contributed by atoms with Crippen molar-refractivity contribution in [2.24, 2.45) is 0 Å². The lowest BCUT2D eigenvalue weighted by molar-refractivity contribution is 0.543. The SMILES string of the molecule is CC(C)c1c(C2CC2)nnc(F)c1Br. The van der Waals surface area contributed by atoms with Crippen molar-refractivity contribution in [1.82, 2.24) is 10.2 Å². The Kier molecular flexibility index (Phi) is 2.56. The summed E-state index contributed by atoms with van der Waals surface area (Å²) in [6, 6.07) is 0. The summed E-state index contributed by atoms with van der Waals surface area (Å²) in [5, 5.41) is 7.49. The summed E-state index contributed by atoms with van der Waals surface area (Å²) in [6.07, 6.45) is 2.32. The maximum absolute atomic E-state index is 13.2. The van der Waals surface area contributed by atoms with Gasteiger partial charge in [-0.1, -0.05) is 13.8 Å². The molecule has 1 saturated carbocycles. The lowest BCUT2D eigenvalue weighted by atomic mass is 10.00. The number of rotatable bonds is 2. The molecule has 0 spiro atoms. The highest BCUT2D eigenvalue weighted by Gasteiger charge is 2.30. The summed E-state index contributed by atoms with van der Waals surface area (Å²) in [5.74, 6) is 0.292. The molecular formula is C10H12BrFN2. The smallest absolute Gasteiger partial charge is 0.182 e. The standard InChI is InChI=1S/C10H12BrFN2/c1-5(2)7-8(11)10(12)14-13-9(7)6-3-4-6/h5-6H,3-4H2,1-2H3. The van der Waals surface area contributed by atoms with E-state index in [1.165, 1.54) is 0 Å². The van der Waals surface area contributed by atoms with Crippen molar-refractivity contribution >= 4 is 15.9 Å². The van der Waals surface area contributed by atoms with Crippen molar-refractivity contribution in [3.63, 3.8) is 0 Å². The van der Waals surface area contributed by atoms with Crippen LogP contribution in [-0.2, 0) is 0 Å². The van der Waals surface area contributed by atoms with Crippen LogP contribution in [0.15, 0.2) is 4.47 Å². The molecule has 2 nitrogen and oxygen atoms in total. The topological polar surface area (TPSA) is 25.8 Å². The molecule has 0 amide bonds. The Morgan fingerprint density at radius 3 is 2.50 bits per heavy atom. The number of halogens is 2. The largest absolute Gasteiger partial charge is 0.247 e. The molecule has 0 N–H and O–H groups in total. The third-order valence-electron chi connectivity index (χ3n) is 2.48. The number of hydrogen-bond acceptors (Lipinski definition) is 2. The minimum atomic E-state index is -0.502. The first-order valence-corrected chi connectivity index (χ1v) is 5.62. The van der Waals surface area contributed by atoms with Gasteiger partial charge in [-0.05, 0) is 40.3 Å². The van der Waals surface area contributed by atoms with E-state index in [0.29, 0.717) is 10.4 Å². The molecule has 1 aliphatic carbocycles. The monoisotopic (exact) mass is 258 g/mol. The van der Waals surface area contributed by atoms with Gasteiger partial charge in [0.1, 0.15) is 0 Å². The van der Waals surface area contributed by atoms with Gasteiger partial charge in [-0.15, -0.1) is 5.10 Å². The summed E-state index contributed by atoms with van der Waals surface area (Å²) >= 11 is 3.25. The molecule has 0 unspecified atom stereocenters. The van der Waals surface area contributed by atoms with Crippen LogP contribution in [0.3, 0.4) is 0 Å². The molecule has 1 fully saturated rings. The van der Waals surface area contributed by atoms with Crippen molar-refractivity contribution in [1.29, 1.82) is 0 Å². The van der Waals surface area contributed by atoms with E-state index in [9.17, 15) is 4.39 Å². The van der Waals surface area contributed by atoms with Crippen molar-refractivity contribution < 1.29 is 4.39 Å². The number of aromatic nitrogens is 2. The van der Waals surface area contributed by atoms with Crippen LogP contribution < -0.4 is 0 Å². The molecule has 76 valence electrons. The van der Waals surface area contributed by atoms with Crippen molar-refractivity contribution in [2.75, 3.05) is 0 Å². The summed E-state index contributed by atoms with van der Waals surface area (Å²) < 4.78 is 13.7. The summed E-state index contributed by atoms with van der Waals surface area (Å²) in [7, 11) is 0. The Morgan fingerprint density at radius 2 is 2.00 bits per heavy atom. The van der Waals surface area contributed by atoms with Gasteiger partial charge in [0.05, 0.1) is 10.2 Å². The highest BCUT2D eigenvalue weighted by atomic mass is 79.9. The van der Waals surface area contributed by atoms with Crippen molar-refractivity contribution in [2.45, 2.75) is 38.5 Å². The van der Waals surface area contributed by atoms with Gasteiger partial charge in [-0.2, -0.15) is 9.49 Å². The van der Waals surface area contributed by atoms with E-state index >= 15 is 0 Å². The first-order valence-electron chi connectivity index (χ1n) is 4.82. The first kappa shape index (κ1) is 10.0. The van der Waals surface area contributed by atoms with E-state index < -0.39 is 5.95 Å². The fourth-order valence-electron chi connectivity index (χ4n) is 1.63. The number of hydrogen-bond donors (Lipinski definition) is 0. The molecule has 1 aliphatic rings. The lowest BCUT2D eigenvalue weighted by Gasteiger charge is -2.12. The van der Waals surface area contributed by atoms with Gasteiger partial charge in [0.2, 0.25) is 5.95 Å². The molecule has 0 bridgehead atoms. The lowest BCUT2D eigenvalue weighted by Crippen LogP contribution is -2.05. The molecular weight excluding hydrogens is 247 g/mol. The fraction of sp³-hybridized carbons (Fsp3) is 0.600. The highest BCUT2D eigenvalue weighted by molar-refractivity contribution is 9.10. The molecule has 0 atom stereocenters. The molecule has 1 aromatic rings. The molecule has 14 heavy (non-hydrogen) atoms. The van der Waals surface area contributed by atoms with Crippen molar-refractivity contribution in [3.8, 4) is 0 Å². The van der Waals surface area contributed by atoms with E-state index in [1.54, 1.807) is 0 Å². The predicted octanol–water partition coefficient (Wildman–Crippen LogP) is 3.38. The zero-order valence-corrected chi connectivity index (χ0v) is 9.81. The molecule has 0 aliphatic heterocycles. The fourth-order valence-corrected chi connectivity index (χ4v) is 2.37. The van der Waals surface area contributed by atoms with E-state index in [-0.39, 0.29) is 5.92 Å². The zero-order valence-electron chi connectivity index (χ0n) is 8.22. The Balaban J connectivity index is 2.53. The van der Waals surface area contributed by atoms with E-state index in [4.69, 9.17) is 0 Å². The molecule has 1 aromatic heterocycles. The summed E-state index contributed by atoms with van der Waals surface area (Å²) in [5.41, 5.74) is 1.97. The van der Waals surface area contributed by atoms with Crippen LogP contribution in [0.2, 0.25) is 0 Å². The summed E-state index contributed by atoms with van der Waals surface area (Å²) in [6.45, 7) is 4.10. The molecule has 0 aromatic carbocycles. The normalized spacial score (nSPS) is 16.4. The molecule has 0 radical (unpaired) electrons. The van der Waals surface area contributed by atoms with Crippen molar-refractivity contribution in [3.05, 3.63) is 21.7 Å². The third kappa shape index (κ3) is 1.67. The van der Waals surface area contributed by atoms with Crippen LogP contribution in [0.1, 0.15) is 49.8 Å². The van der Waals surface area contributed by atoms with Gasteiger partial charge in [-0.3, -0.25) is 0 Å². The zero-order chi connectivity index (χ0) is 10.3. The van der Waals surface area contributed by atoms with Gasteiger partial charge in [-0.25, -0.2) is 0 Å². The van der Waals surface area contributed by atoms with E-state index in [0.717, 1.165) is 24.1 Å². The molecule has 0 saturated heterocycles. The van der Waals surface area contributed by atoms with Gasteiger partial charge in [0.25, 0.3) is 0 Å². The van der Waals surface area contributed by atoms with Crippen LogP contribution in [0, 0.1) is 5.95 Å². The second-order valence-electron chi connectivity index (χ2n) is 4.03. The minimum absolute atomic E-state index is 0.282. The predicted molar refractivity (Wildman–Crippen MR) is 55.8 cm³/mol. The van der Waals surface area contributed by atoms with Crippen LogP contribution >= 0.6 is 15.9 Å². The average molecular weight is 259 g/mol. The van der Waals surface area contributed by atoms with Gasteiger partial charge >= 0.3 is 0 Å². The quantitative estimate of drug-likeness (QED) is 0.813. The van der Waals surface area contributed by atoms with Crippen LogP contribution in [0.5, 0.6) is 0 Å². The van der Waals surface area contributed by atoms with Gasteiger partial charge < -0.3 is 0 Å². The summed E-state index contributed by atoms with van der Waals surface area (Å²) in [4.78, 5) is 0. The molecule has 2 rings (SSSR count). The first-order chi connectivity index (χ1) is 6.61. The molecule has 4 heteroatoms. The van der Waals surface area contributed by atoms with Gasteiger partial charge in [0, 0.05) is 5.92 Å². The van der Waals surface area contributed by atoms with Gasteiger partial charge in [0.15, 0.2) is 0 Å². The van der Waals surface area contributed by atoms with Crippen LogP contribution in [-0.4, -0.2) is 10.2 Å². The maximum Gasteiger partial charge on any atom is 0.247 e. The van der Waals surface area contributed by atoms with Crippen LogP contribution in [0.25, 0.3) is 0 Å². The van der Waals surface area contributed by atoms with E-state index in [1.807, 2.05) is 13.8 Å². The average Bonchev–Trinajstić information content (AvgIpc) is 2.91. The Hall–Kier alpha value is -0.510. The Bertz CT molecular complexity index is 361. The maximum atomic E-state index is 13.2. The third-order valence-corrected chi connectivity index (χ3v) is 3.23. The number of nitrogens with zero attached hydrogens (tertiary/aromatic N) is 2. The second-order valence-corrected chi connectivity index (χ2v) is 4.83. The Morgan fingerprint density at radius 1 is 1.36 bits per heavy atom. The minimum Gasteiger partial charge on any atom is -0.182 e. The van der Waals surface area contributed by atoms with Crippen LogP contribution in [0.4, 0.5) is 4.39 Å². The highest BCUT2D eigenvalue weighted by Crippen LogP contribution is 2.43.